The summed E-state index contributed by atoms with van der Waals surface area (Å²) in [6.07, 6.45) is 2.61. The lowest BCUT2D eigenvalue weighted by atomic mass is 9.69. The number of carbonyl (C=O) groups excluding carboxylic acids is 2. The highest BCUT2D eigenvalue weighted by atomic mass is 16.5. The molecule has 1 aromatic rings. The lowest BCUT2D eigenvalue weighted by Gasteiger charge is -2.32. The molecule has 2 aliphatic rings. The van der Waals surface area contributed by atoms with Crippen molar-refractivity contribution in [3.63, 3.8) is 0 Å². The maximum Gasteiger partial charge on any atom is 0.254 e. The van der Waals surface area contributed by atoms with Crippen LogP contribution in [-0.2, 0) is 14.3 Å². The first-order chi connectivity index (χ1) is 11.9. The fraction of sp³-hybridized carbons (Fsp3) is 0.400. The number of primary amides is 1. The van der Waals surface area contributed by atoms with Crippen molar-refractivity contribution in [3.05, 3.63) is 58.9 Å². The molecule has 3 N–H and O–H groups in total. The van der Waals surface area contributed by atoms with Crippen molar-refractivity contribution in [3.8, 4) is 0 Å². The maximum absolute atomic E-state index is 12.4. The number of likely N-dealkylation sites (N-methyl/N-ethyl adjacent to an activating group) is 1. The van der Waals surface area contributed by atoms with Crippen molar-refractivity contribution >= 4 is 11.8 Å². The summed E-state index contributed by atoms with van der Waals surface area (Å²) in [7, 11) is 1.57. The van der Waals surface area contributed by atoms with Crippen molar-refractivity contribution < 1.29 is 14.3 Å². The summed E-state index contributed by atoms with van der Waals surface area (Å²) >= 11 is 0. The zero-order chi connectivity index (χ0) is 18.2. The molecular formula is C20H24N2O3. The summed E-state index contributed by atoms with van der Waals surface area (Å²) in [5.74, 6) is -0.0534. The van der Waals surface area contributed by atoms with E-state index in [9.17, 15) is 9.59 Å². The van der Waals surface area contributed by atoms with Crippen LogP contribution in [0.1, 0.15) is 38.2 Å². The standard InChI is InChI=1S/C20H24N2O3/c1-4-20(19(21)24)10-14-16(13-8-6-5-7-9-13)12(2)25-17(14)15(11-20)18(23)22-3/h5-9,11-12,16H,4,10H2,1-3H3,(H2,21,24)(H,22,23). The van der Waals surface area contributed by atoms with E-state index in [1.807, 2.05) is 32.0 Å². The molecule has 0 radical (unpaired) electrons. The van der Waals surface area contributed by atoms with Crippen molar-refractivity contribution in [1.29, 1.82) is 0 Å². The van der Waals surface area contributed by atoms with Crippen molar-refractivity contribution in [2.45, 2.75) is 38.7 Å². The van der Waals surface area contributed by atoms with Gasteiger partial charge in [0, 0.05) is 13.0 Å². The second-order valence-electron chi connectivity index (χ2n) is 6.75. The van der Waals surface area contributed by atoms with Crippen LogP contribution in [0.5, 0.6) is 0 Å². The first-order valence-corrected chi connectivity index (χ1v) is 8.63. The number of hydrogen-bond acceptors (Lipinski definition) is 3. The molecule has 5 nitrogen and oxygen atoms in total. The number of hydrogen-bond donors (Lipinski definition) is 2. The van der Waals surface area contributed by atoms with Gasteiger partial charge in [-0.25, -0.2) is 0 Å². The van der Waals surface area contributed by atoms with Crippen LogP contribution in [0.25, 0.3) is 0 Å². The van der Waals surface area contributed by atoms with E-state index < -0.39 is 11.3 Å². The minimum absolute atomic E-state index is 0.00910. The quantitative estimate of drug-likeness (QED) is 0.883. The summed E-state index contributed by atoms with van der Waals surface area (Å²) in [5.41, 5.74) is 7.40. The van der Waals surface area contributed by atoms with Gasteiger partial charge in [0.05, 0.1) is 11.0 Å². The van der Waals surface area contributed by atoms with Crippen LogP contribution in [0.15, 0.2) is 53.3 Å². The summed E-state index contributed by atoms with van der Waals surface area (Å²) in [5, 5.41) is 2.64. The molecule has 0 saturated heterocycles. The van der Waals surface area contributed by atoms with Gasteiger partial charge in [-0.05, 0) is 30.9 Å². The number of nitrogens with one attached hydrogen (secondary N) is 1. The highest BCUT2D eigenvalue weighted by Crippen LogP contribution is 2.51. The van der Waals surface area contributed by atoms with E-state index in [0.29, 0.717) is 24.2 Å². The van der Waals surface area contributed by atoms with E-state index >= 15 is 0 Å². The monoisotopic (exact) mass is 340 g/mol. The Bertz CT molecular complexity index is 766. The van der Waals surface area contributed by atoms with E-state index in [1.54, 1.807) is 13.1 Å². The lowest BCUT2D eigenvalue weighted by Crippen LogP contribution is -2.39. The van der Waals surface area contributed by atoms with E-state index in [-0.39, 0.29) is 17.9 Å². The van der Waals surface area contributed by atoms with Crippen molar-refractivity contribution in [2.75, 3.05) is 7.05 Å². The minimum Gasteiger partial charge on any atom is -0.489 e. The van der Waals surface area contributed by atoms with Crippen LogP contribution in [0.4, 0.5) is 0 Å². The highest BCUT2D eigenvalue weighted by molar-refractivity contribution is 6.00. The van der Waals surface area contributed by atoms with Crippen LogP contribution in [0.2, 0.25) is 0 Å². The van der Waals surface area contributed by atoms with Gasteiger partial charge >= 0.3 is 0 Å². The molecule has 1 heterocycles. The zero-order valence-electron chi connectivity index (χ0n) is 14.8. The molecule has 1 aromatic carbocycles. The summed E-state index contributed by atoms with van der Waals surface area (Å²) in [6, 6.07) is 10.0. The smallest absolute Gasteiger partial charge is 0.254 e. The van der Waals surface area contributed by atoms with Gasteiger partial charge in [-0.3, -0.25) is 9.59 Å². The van der Waals surface area contributed by atoms with Gasteiger partial charge in [-0.15, -0.1) is 0 Å². The predicted octanol–water partition coefficient (Wildman–Crippen LogP) is 2.40. The number of carbonyl (C=O) groups is 2. The van der Waals surface area contributed by atoms with E-state index in [0.717, 1.165) is 11.1 Å². The zero-order valence-corrected chi connectivity index (χ0v) is 14.8. The molecule has 0 bridgehead atoms. The predicted molar refractivity (Wildman–Crippen MR) is 95.4 cm³/mol. The molecule has 3 atom stereocenters. The van der Waals surface area contributed by atoms with Gasteiger partial charge in [0.1, 0.15) is 11.9 Å². The van der Waals surface area contributed by atoms with Gasteiger partial charge in [0.25, 0.3) is 5.91 Å². The van der Waals surface area contributed by atoms with Gasteiger partial charge in [-0.2, -0.15) is 0 Å². The normalized spacial score (nSPS) is 28.0. The molecule has 0 aromatic heterocycles. The first kappa shape index (κ1) is 17.3. The molecule has 1 aliphatic heterocycles. The molecule has 0 spiro atoms. The van der Waals surface area contributed by atoms with Crippen molar-refractivity contribution in [2.24, 2.45) is 11.1 Å². The number of ether oxygens (including phenoxy) is 1. The molecule has 3 unspecified atom stereocenters. The summed E-state index contributed by atoms with van der Waals surface area (Å²) < 4.78 is 6.08. The van der Waals surface area contributed by atoms with E-state index in [4.69, 9.17) is 10.5 Å². The fourth-order valence-electron chi connectivity index (χ4n) is 3.91. The fourth-order valence-corrected chi connectivity index (χ4v) is 3.91. The summed E-state index contributed by atoms with van der Waals surface area (Å²) in [6.45, 7) is 3.92. The molecule has 1 aliphatic carbocycles. The van der Waals surface area contributed by atoms with Crippen LogP contribution in [-0.4, -0.2) is 25.0 Å². The number of nitrogens with two attached hydrogens (primary N) is 1. The Kier molecular flexibility index (Phi) is 4.41. The average Bonchev–Trinajstić information content (AvgIpc) is 2.96. The molecule has 0 saturated carbocycles. The van der Waals surface area contributed by atoms with E-state index in [2.05, 4.69) is 17.4 Å². The molecular weight excluding hydrogens is 316 g/mol. The first-order valence-electron chi connectivity index (χ1n) is 8.63. The molecule has 0 fully saturated rings. The Balaban J connectivity index is 2.15. The molecule has 2 amide bonds. The average molecular weight is 340 g/mol. The Morgan fingerprint density at radius 3 is 2.56 bits per heavy atom. The number of benzene rings is 1. The van der Waals surface area contributed by atoms with Crippen LogP contribution in [0, 0.1) is 5.41 Å². The Morgan fingerprint density at radius 1 is 1.32 bits per heavy atom. The van der Waals surface area contributed by atoms with E-state index in [1.165, 1.54) is 0 Å². The van der Waals surface area contributed by atoms with Gasteiger partial charge < -0.3 is 15.8 Å². The van der Waals surface area contributed by atoms with Crippen LogP contribution in [0.3, 0.4) is 0 Å². The number of rotatable bonds is 4. The Labute approximate surface area is 147 Å². The lowest BCUT2D eigenvalue weighted by molar-refractivity contribution is -0.125. The maximum atomic E-state index is 12.4. The largest absolute Gasteiger partial charge is 0.489 e. The third-order valence-corrected chi connectivity index (χ3v) is 5.36. The molecule has 25 heavy (non-hydrogen) atoms. The summed E-state index contributed by atoms with van der Waals surface area (Å²) in [4.78, 5) is 24.7. The topological polar surface area (TPSA) is 81.4 Å². The highest BCUT2D eigenvalue weighted by Gasteiger charge is 2.47. The Morgan fingerprint density at radius 2 is 2.00 bits per heavy atom. The number of amides is 2. The Hall–Kier alpha value is -2.56. The van der Waals surface area contributed by atoms with Crippen LogP contribution >= 0.6 is 0 Å². The molecule has 3 rings (SSSR count). The SMILES string of the molecule is CCC1(C(N)=O)C=C(C(=O)NC)C2=C(C1)C(c1ccccc1)C(C)O2. The van der Waals surface area contributed by atoms with Crippen molar-refractivity contribution in [1.82, 2.24) is 5.32 Å². The van der Waals surface area contributed by atoms with Crippen LogP contribution < -0.4 is 11.1 Å². The molecule has 5 heteroatoms. The van der Waals surface area contributed by atoms with Gasteiger partial charge in [-0.1, -0.05) is 43.3 Å². The second-order valence-corrected chi connectivity index (χ2v) is 6.75. The minimum atomic E-state index is -0.860. The van der Waals surface area contributed by atoms with Gasteiger partial charge in [0.2, 0.25) is 5.91 Å². The van der Waals surface area contributed by atoms with Gasteiger partial charge in [0.15, 0.2) is 0 Å². The second kappa shape index (κ2) is 6.39. The molecule has 132 valence electrons. The third-order valence-electron chi connectivity index (χ3n) is 5.36. The third kappa shape index (κ3) is 2.73.